The third-order valence-electron chi connectivity index (χ3n) is 2.80. The maximum absolute atomic E-state index is 5.75. The number of hydrogen-bond donors (Lipinski definition) is 1. The lowest BCUT2D eigenvalue weighted by molar-refractivity contribution is 0.401. The summed E-state index contributed by atoms with van der Waals surface area (Å²) >= 11 is 5.75. The van der Waals surface area contributed by atoms with Crippen LogP contribution in [0.5, 0.6) is 17.5 Å². The first-order valence-electron chi connectivity index (χ1n) is 6.33. The normalized spacial score (nSPS) is 11.3. The summed E-state index contributed by atoms with van der Waals surface area (Å²) in [5.74, 6) is 1.38. The number of halogens is 1. The van der Waals surface area contributed by atoms with Crippen molar-refractivity contribution in [2.75, 3.05) is 12.8 Å². The van der Waals surface area contributed by atoms with Crippen LogP contribution in [0.3, 0.4) is 0 Å². The van der Waals surface area contributed by atoms with E-state index in [-0.39, 0.29) is 22.7 Å². The molecular weight excluding hydrogens is 292 g/mol. The van der Waals surface area contributed by atoms with Crippen LogP contribution in [0, 0.1) is 0 Å². The van der Waals surface area contributed by atoms with Crippen LogP contribution < -0.4 is 15.2 Å². The van der Waals surface area contributed by atoms with Crippen LogP contribution >= 0.6 is 11.6 Å². The second-order valence-corrected chi connectivity index (χ2v) is 5.80. The third-order valence-corrected chi connectivity index (χ3v) is 2.97. The Balaban J connectivity index is 2.43. The lowest BCUT2D eigenvalue weighted by Crippen LogP contribution is -2.13. The van der Waals surface area contributed by atoms with Gasteiger partial charge in [0.1, 0.15) is 11.5 Å². The molecule has 6 nitrogen and oxygen atoms in total. The van der Waals surface area contributed by atoms with Crippen LogP contribution in [0.4, 0.5) is 5.95 Å². The van der Waals surface area contributed by atoms with Gasteiger partial charge in [-0.25, -0.2) is 0 Å². The summed E-state index contributed by atoms with van der Waals surface area (Å²) < 4.78 is 11.0. The topological polar surface area (TPSA) is 83.2 Å². The zero-order valence-corrected chi connectivity index (χ0v) is 13.1. The number of nitrogens with zero attached hydrogens (tertiary/aromatic N) is 3. The predicted octanol–water partition coefficient (Wildman–Crippen LogP) is 3.21. The van der Waals surface area contributed by atoms with Crippen molar-refractivity contribution in [2.45, 2.75) is 26.2 Å². The highest BCUT2D eigenvalue weighted by Crippen LogP contribution is 2.36. The van der Waals surface area contributed by atoms with Crippen molar-refractivity contribution in [3.63, 3.8) is 0 Å². The number of aromatic nitrogens is 3. The summed E-state index contributed by atoms with van der Waals surface area (Å²) in [5.41, 5.74) is 6.34. The number of anilines is 1. The van der Waals surface area contributed by atoms with Crippen molar-refractivity contribution >= 4 is 17.5 Å². The SMILES string of the molecule is COc1ccc(Oc2nc(N)nc(Cl)n2)c(C(C)(C)C)c1. The first-order chi connectivity index (χ1) is 9.79. The fourth-order valence-electron chi connectivity index (χ4n) is 1.80. The van der Waals surface area contributed by atoms with Gasteiger partial charge in [0, 0.05) is 5.56 Å². The van der Waals surface area contributed by atoms with E-state index in [2.05, 4.69) is 35.7 Å². The molecule has 0 unspecified atom stereocenters. The Morgan fingerprint density at radius 3 is 2.43 bits per heavy atom. The first-order valence-corrected chi connectivity index (χ1v) is 6.71. The molecule has 0 fully saturated rings. The van der Waals surface area contributed by atoms with Crippen molar-refractivity contribution < 1.29 is 9.47 Å². The Bertz CT molecular complexity index is 636. The highest BCUT2D eigenvalue weighted by atomic mass is 35.5. The summed E-state index contributed by atoms with van der Waals surface area (Å²) in [5, 5.41) is -0.0108. The molecule has 0 radical (unpaired) electrons. The highest BCUT2D eigenvalue weighted by molar-refractivity contribution is 6.28. The Kier molecular flexibility index (Phi) is 4.18. The van der Waals surface area contributed by atoms with Gasteiger partial charge in [0.25, 0.3) is 0 Å². The minimum atomic E-state index is -0.147. The molecule has 0 aliphatic heterocycles. The lowest BCUT2D eigenvalue weighted by Gasteiger charge is -2.22. The molecule has 2 rings (SSSR count). The van der Waals surface area contributed by atoms with Crippen LogP contribution in [0.1, 0.15) is 26.3 Å². The average Bonchev–Trinajstić information content (AvgIpc) is 2.36. The van der Waals surface area contributed by atoms with Crippen molar-refractivity contribution in [2.24, 2.45) is 0 Å². The number of benzene rings is 1. The quantitative estimate of drug-likeness (QED) is 0.937. The molecule has 2 N–H and O–H groups in total. The van der Waals surface area contributed by atoms with Crippen molar-refractivity contribution in [1.82, 2.24) is 15.0 Å². The van der Waals surface area contributed by atoms with Crippen molar-refractivity contribution in [3.05, 3.63) is 29.0 Å². The molecule has 1 heterocycles. The van der Waals surface area contributed by atoms with E-state index < -0.39 is 0 Å². The predicted molar refractivity (Wildman–Crippen MR) is 81.0 cm³/mol. The fraction of sp³-hybridized carbons (Fsp3) is 0.357. The minimum Gasteiger partial charge on any atom is -0.497 e. The summed E-state index contributed by atoms with van der Waals surface area (Å²) in [6, 6.07) is 5.58. The van der Waals surface area contributed by atoms with Gasteiger partial charge in [0.05, 0.1) is 7.11 Å². The summed E-state index contributed by atoms with van der Waals surface area (Å²) in [7, 11) is 1.62. The Morgan fingerprint density at radius 1 is 1.14 bits per heavy atom. The van der Waals surface area contributed by atoms with Gasteiger partial charge in [-0.2, -0.15) is 15.0 Å². The van der Waals surface area contributed by atoms with Gasteiger partial charge in [-0.15, -0.1) is 0 Å². The molecule has 0 atom stereocenters. The Labute approximate surface area is 128 Å². The first kappa shape index (κ1) is 15.3. The van der Waals surface area contributed by atoms with Gasteiger partial charge >= 0.3 is 6.01 Å². The maximum Gasteiger partial charge on any atom is 0.328 e. The molecule has 0 spiro atoms. The van der Waals surface area contributed by atoms with E-state index in [1.165, 1.54) is 0 Å². The van der Waals surface area contributed by atoms with Gasteiger partial charge in [-0.05, 0) is 35.2 Å². The zero-order valence-electron chi connectivity index (χ0n) is 12.3. The van der Waals surface area contributed by atoms with E-state index >= 15 is 0 Å². The Morgan fingerprint density at radius 2 is 1.86 bits per heavy atom. The standard InChI is InChI=1S/C14H17ClN4O2/c1-14(2,3)9-7-8(20-4)5-6-10(9)21-13-18-11(15)17-12(16)19-13/h5-7H,1-4H3,(H2,16,17,18,19). The smallest absolute Gasteiger partial charge is 0.328 e. The van der Waals surface area contributed by atoms with Crippen LogP contribution in [0.2, 0.25) is 5.28 Å². The zero-order chi connectivity index (χ0) is 15.6. The van der Waals surface area contributed by atoms with E-state index in [1.807, 2.05) is 6.07 Å². The number of rotatable bonds is 3. The van der Waals surface area contributed by atoms with E-state index in [1.54, 1.807) is 19.2 Å². The molecule has 0 saturated heterocycles. The molecule has 1 aromatic carbocycles. The molecule has 7 heteroatoms. The molecule has 0 aliphatic carbocycles. The van der Waals surface area contributed by atoms with Crippen LogP contribution in [0.15, 0.2) is 18.2 Å². The summed E-state index contributed by atoms with van der Waals surface area (Å²) in [6.07, 6.45) is 0. The van der Waals surface area contributed by atoms with E-state index in [0.29, 0.717) is 5.75 Å². The molecule has 0 aliphatic rings. The van der Waals surface area contributed by atoms with Gasteiger partial charge < -0.3 is 15.2 Å². The summed E-state index contributed by atoms with van der Waals surface area (Å²) in [4.78, 5) is 11.5. The third kappa shape index (κ3) is 3.72. The molecule has 112 valence electrons. The number of ether oxygens (including phenoxy) is 2. The molecule has 21 heavy (non-hydrogen) atoms. The molecular formula is C14H17ClN4O2. The second-order valence-electron chi connectivity index (χ2n) is 5.46. The molecule has 0 bridgehead atoms. The number of methoxy groups -OCH3 is 1. The lowest BCUT2D eigenvalue weighted by atomic mass is 9.86. The fourth-order valence-corrected chi connectivity index (χ4v) is 1.96. The number of hydrogen-bond acceptors (Lipinski definition) is 6. The van der Waals surface area contributed by atoms with Crippen LogP contribution in [-0.2, 0) is 5.41 Å². The van der Waals surface area contributed by atoms with Gasteiger partial charge in [-0.3, -0.25) is 0 Å². The minimum absolute atomic E-state index is 0.0100. The second kappa shape index (κ2) is 5.73. The molecule has 1 aromatic heterocycles. The van der Waals surface area contributed by atoms with Gasteiger partial charge in [0.2, 0.25) is 11.2 Å². The average molecular weight is 309 g/mol. The van der Waals surface area contributed by atoms with Gasteiger partial charge in [0.15, 0.2) is 0 Å². The highest BCUT2D eigenvalue weighted by Gasteiger charge is 2.21. The van der Waals surface area contributed by atoms with Crippen molar-refractivity contribution in [1.29, 1.82) is 0 Å². The summed E-state index contributed by atoms with van der Waals surface area (Å²) in [6.45, 7) is 6.22. The van der Waals surface area contributed by atoms with Gasteiger partial charge in [-0.1, -0.05) is 20.8 Å². The van der Waals surface area contributed by atoms with E-state index in [9.17, 15) is 0 Å². The van der Waals surface area contributed by atoms with E-state index in [0.717, 1.165) is 11.3 Å². The maximum atomic E-state index is 5.75. The van der Waals surface area contributed by atoms with Crippen LogP contribution in [0.25, 0.3) is 0 Å². The van der Waals surface area contributed by atoms with Crippen LogP contribution in [-0.4, -0.2) is 22.1 Å². The number of nitrogen functional groups attached to an aromatic ring is 1. The molecule has 0 amide bonds. The van der Waals surface area contributed by atoms with Crippen molar-refractivity contribution in [3.8, 4) is 17.5 Å². The van der Waals surface area contributed by atoms with E-state index in [4.69, 9.17) is 26.8 Å². The monoisotopic (exact) mass is 308 g/mol. The molecule has 0 saturated carbocycles. The Hall–Kier alpha value is -2.08. The largest absolute Gasteiger partial charge is 0.497 e. The number of nitrogens with two attached hydrogens (primary N) is 1. The molecule has 2 aromatic rings.